The number of aryl methyl sites for hydroxylation is 1. The lowest BCUT2D eigenvalue weighted by molar-refractivity contribution is 0.157. The topological polar surface area (TPSA) is 53.4 Å². The fourth-order valence-corrected chi connectivity index (χ4v) is 4.36. The summed E-state index contributed by atoms with van der Waals surface area (Å²) in [5.41, 5.74) is 2.13. The molecule has 6 heteroatoms. The number of rotatable bonds is 6. The number of fused-ring (bicyclic) bond motifs is 1. The van der Waals surface area contributed by atoms with E-state index in [-0.39, 0.29) is 10.6 Å². The Hall–Kier alpha value is -2.18. The zero-order valence-electron chi connectivity index (χ0n) is 19.3. The zero-order valence-corrected chi connectivity index (χ0v) is 20.3. The minimum absolute atomic E-state index is 0.0448. The molecule has 0 aliphatic carbocycles. The summed E-state index contributed by atoms with van der Waals surface area (Å²) in [7, 11) is -1.72. The van der Waals surface area contributed by atoms with Crippen LogP contribution in [-0.4, -0.2) is 30.1 Å². The van der Waals surface area contributed by atoms with Crippen LogP contribution in [0.25, 0.3) is 5.70 Å². The van der Waals surface area contributed by atoms with Crippen molar-refractivity contribution >= 4 is 14.0 Å². The molecule has 0 aromatic carbocycles. The van der Waals surface area contributed by atoms with Crippen LogP contribution >= 0.6 is 0 Å². The number of ether oxygens (including phenoxy) is 1. The number of hydrogen-bond acceptors (Lipinski definition) is 4. The van der Waals surface area contributed by atoms with Gasteiger partial charge in [-0.25, -0.2) is 0 Å². The highest BCUT2D eigenvalue weighted by atomic mass is 28.4. The normalized spacial score (nSPS) is 15.9. The summed E-state index contributed by atoms with van der Waals surface area (Å²) in [5, 5.41) is 0.212. The van der Waals surface area contributed by atoms with E-state index in [9.17, 15) is 4.79 Å². The maximum atomic E-state index is 12.9. The molecule has 0 amide bonds. The largest absolute Gasteiger partial charge is 0.483 e. The third-order valence-corrected chi connectivity index (χ3v) is 10.6. The molecule has 0 N–H and O–H groups in total. The van der Waals surface area contributed by atoms with E-state index in [1.54, 1.807) is 23.0 Å². The standard InChI is InChI=1S/C24H34N2O3Si/c1-23(2,3)30(6,7)28-14-8-9-18-11-13-26(22(27)15-18)20-16-24(4,5)29-21-10-12-25-17-19(20)21/h10-13,15-17H,8-9,14H2,1-7H3. The number of nitrogens with zero attached hydrogens (tertiary/aromatic N) is 2. The average molecular weight is 427 g/mol. The highest BCUT2D eigenvalue weighted by Gasteiger charge is 2.36. The lowest BCUT2D eigenvalue weighted by Crippen LogP contribution is -2.41. The molecular formula is C24H34N2O3Si. The molecule has 0 bridgehead atoms. The van der Waals surface area contributed by atoms with Gasteiger partial charge in [-0.2, -0.15) is 0 Å². The molecule has 2 aromatic heterocycles. The van der Waals surface area contributed by atoms with E-state index in [0.29, 0.717) is 0 Å². The lowest BCUT2D eigenvalue weighted by atomic mass is 10.00. The number of aromatic nitrogens is 2. The predicted molar refractivity (Wildman–Crippen MR) is 124 cm³/mol. The molecule has 0 atom stereocenters. The molecule has 0 fully saturated rings. The molecule has 5 nitrogen and oxygen atoms in total. The van der Waals surface area contributed by atoms with Gasteiger partial charge >= 0.3 is 0 Å². The van der Waals surface area contributed by atoms with Crippen molar-refractivity contribution in [3.05, 3.63) is 64.3 Å². The van der Waals surface area contributed by atoms with Crippen LogP contribution < -0.4 is 10.3 Å². The summed E-state index contributed by atoms with van der Waals surface area (Å²) in [5.74, 6) is 0.742. The second-order valence-electron chi connectivity index (χ2n) is 10.1. The highest BCUT2D eigenvalue weighted by Crippen LogP contribution is 2.37. The molecule has 0 saturated carbocycles. The third kappa shape index (κ3) is 4.93. The zero-order chi connectivity index (χ0) is 22.2. The van der Waals surface area contributed by atoms with Gasteiger partial charge in [-0.05, 0) is 68.6 Å². The molecule has 2 aromatic rings. The van der Waals surface area contributed by atoms with Gasteiger partial charge in [0.2, 0.25) is 0 Å². The molecule has 30 heavy (non-hydrogen) atoms. The average Bonchev–Trinajstić information content (AvgIpc) is 2.63. The molecule has 0 spiro atoms. The summed E-state index contributed by atoms with van der Waals surface area (Å²) in [6.07, 6.45) is 9.02. The van der Waals surface area contributed by atoms with Gasteiger partial charge in [-0.3, -0.25) is 14.3 Å². The maximum Gasteiger partial charge on any atom is 0.255 e. The van der Waals surface area contributed by atoms with Crippen LogP contribution in [0.15, 0.2) is 47.7 Å². The van der Waals surface area contributed by atoms with E-state index in [0.717, 1.165) is 42.0 Å². The Bertz CT molecular complexity index is 1000. The van der Waals surface area contributed by atoms with Crippen LogP contribution in [0.2, 0.25) is 18.1 Å². The quantitative estimate of drug-likeness (QED) is 0.467. The Morgan fingerprint density at radius 2 is 1.97 bits per heavy atom. The Morgan fingerprint density at radius 1 is 1.23 bits per heavy atom. The Kier molecular flexibility index (Phi) is 6.12. The third-order valence-electron chi connectivity index (χ3n) is 6.04. The van der Waals surface area contributed by atoms with E-state index in [1.165, 1.54) is 0 Å². The van der Waals surface area contributed by atoms with Crippen LogP contribution in [0.5, 0.6) is 5.75 Å². The lowest BCUT2D eigenvalue weighted by Gasteiger charge is -2.36. The van der Waals surface area contributed by atoms with Crippen molar-refractivity contribution in [3.8, 4) is 5.75 Å². The summed E-state index contributed by atoms with van der Waals surface area (Å²) in [6, 6.07) is 5.59. The van der Waals surface area contributed by atoms with Gasteiger partial charge in [0, 0.05) is 31.3 Å². The van der Waals surface area contributed by atoms with Gasteiger partial charge in [0.15, 0.2) is 8.32 Å². The van der Waals surface area contributed by atoms with Crippen molar-refractivity contribution in [3.63, 3.8) is 0 Å². The van der Waals surface area contributed by atoms with Crippen LogP contribution in [0.3, 0.4) is 0 Å². The fourth-order valence-electron chi connectivity index (χ4n) is 3.28. The van der Waals surface area contributed by atoms with Crippen molar-refractivity contribution < 1.29 is 9.16 Å². The summed E-state index contributed by atoms with van der Waals surface area (Å²) >= 11 is 0. The second-order valence-corrected chi connectivity index (χ2v) is 14.9. The first-order valence-electron chi connectivity index (χ1n) is 10.6. The Balaban J connectivity index is 1.73. The minimum Gasteiger partial charge on any atom is -0.483 e. The molecule has 0 radical (unpaired) electrons. The van der Waals surface area contributed by atoms with Gasteiger partial charge in [0.05, 0.1) is 11.3 Å². The van der Waals surface area contributed by atoms with Gasteiger partial charge in [-0.1, -0.05) is 20.8 Å². The van der Waals surface area contributed by atoms with E-state index < -0.39 is 13.9 Å². The molecule has 0 saturated heterocycles. The van der Waals surface area contributed by atoms with Crippen molar-refractivity contribution in [1.29, 1.82) is 0 Å². The monoisotopic (exact) mass is 426 g/mol. The molecule has 0 unspecified atom stereocenters. The molecule has 3 heterocycles. The van der Waals surface area contributed by atoms with Gasteiger partial charge in [0.25, 0.3) is 5.56 Å². The fraction of sp³-hybridized carbons (Fsp3) is 0.500. The van der Waals surface area contributed by atoms with Crippen LogP contribution in [-0.2, 0) is 10.8 Å². The first-order valence-corrected chi connectivity index (χ1v) is 13.5. The van der Waals surface area contributed by atoms with Crippen molar-refractivity contribution in [2.24, 2.45) is 0 Å². The van der Waals surface area contributed by atoms with Gasteiger partial charge < -0.3 is 9.16 Å². The smallest absolute Gasteiger partial charge is 0.255 e. The molecule has 1 aliphatic rings. The van der Waals surface area contributed by atoms with Crippen molar-refractivity contribution in [2.75, 3.05) is 6.61 Å². The predicted octanol–water partition coefficient (Wildman–Crippen LogP) is 5.26. The summed E-state index contributed by atoms with van der Waals surface area (Å²) < 4.78 is 13.9. The van der Waals surface area contributed by atoms with E-state index in [1.807, 2.05) is 38.3 Å². The highest BCUT2D eigenvalue weighted by molar-refractivity contribution is 6.74. The minimum atomic E-state index is -1.72. The molecule has 3 rings (SSSR count). The Labute approximate surface area is 180 Å². The van der Waals surface area contributed by atoms with E-state index in [4.69, 9.17) is 9.16 Å². The maximum absolute atomic E-state index is 12.9. The van der Waals surface area contributed by atoms with Crippen LogP contribution in [0.1, 0.15) is 52.2 Å². The van der Waals surface area contributed by atoms with Crippen LogP contribution in [0, 0.1) is 0 Å². The number of hydrogen-bond donors (Lipinski definition) is 0. The Morgan fingerprint density at radius 3 is 2.63 bits per heavy atom. The number of pyridine rings is 2. The summed E-state index contributed by atoms with van der Waals surface area (Å²) in [4.78, 5) is 17.1. The van der Waals surface area contributed by atoms with E-state index >= 15 is 0 Å². The van der Waals surface area contributed by atoms with Crippen molar-refractivity contribution in [1.82, 2.24) is 9.55 Å². The van der Waals surface area contributed by atoms with Gasteiger partial charge in [0.1, 0.15) is 11.4 Å². The molecule has 162 valence electrons. The molecular weight excluding hydrogens is 392 g/mol. The first-order chi connectivity index (χ1) is 13.9. The van der Waals surface area contributed by atoms with Crippen LogP contribution in [0.4, 0.5) is 0 Å². The summed E-state index contributed by atoms with van der Waals surface area (Å²) in [6.45, 7) is 16.0. The SMILES string of the molecule is CC1(C)C=C(n2ccc(CCCO[Si](C)(C)C(C)(C)C)cc2=O)c2cnccc2O1. The first kappa shape index (κ1) is 22.5. The second kappa shape index (κ2) is 8.15. The van der Waals surface area contributed by atoms with Gasteiger partial charge in [-0.15, -0.1) is 0 Å². The van der Waals surface area contributed by atoms with Crippen molar-refractivity contribution in [2.45, 2.75) is 71.2 Å². The molecule has 1 aliphatic heterocycles. The van der Waals surface area contributed by atoms with E-state index in [2.05, 4.69) is 38.8 Å².